The van der Waals surface area contributed by atoms with Crippen LogP contribution in [0.4, 0.5) is 5.82 Å². The molecule has 0 atom stereocenters. The first-order chi connectivity index (χ1) is 13.5. The van der Waals surface area contributed by atoms with E-state index >= 15 is 0 Å². The molecule has 1 aromatic heterocycles. The van der Waals surface area contributed by atoms with Gasteiger partial charge in [0.1, 0.15) is 11.6 Å². The van der Waals surface area contributed by atoms with E-state index in [1.807, 2.05) is 6.07 Å². The number of aliphatic hydroxyl groups is 1. The molecular formula is C19H22N4O3S2. The van der Waals surface area contributed by atoms with Crippen LogP contribution in [0.5, 0.6) is 0 Å². The van der Waals surface area contributed by atoms with E-state index in [2.05, 4.69) is 9.97 Å². The van der Waals surface area contributed by atoms with E-state index < -0.39 is 0 Å². The molecule has 0 aliphatic carbocycles. The molecule has 0 saturated heterocycles. The van der Waals surface area contributed by atoms with Crippen LogP contribution < -0.4 is 5.73 Å². The fourth-order valence-electron chi connectivity index (χ4n) is 2.31. The number of rotatable bonds is 9. The third-order valence-corrected chi connectivity index (χ3v) is 6.37. The maximum atomic E-state index is 12.3. The number of hydrogen-bond acceptors (Lipinski definition) is 8. The zero-order valence-corrected chi connectivity index (χ0v) is 17.3. The second kappa shape index (κ2) is 10.8. The number of amides is 1. The zero-order chi connectivity index (χ0) is 20.5. The van der Waals surface area contributed by atoms with E-state index in [9.17, 15) is 14.7 Å². The lowest BCUT2D eigenvalue weighted by molar-refractivity contribution is -0.116. The number of nitrogen functional groups attached to an aromatic ring is 1. The molecular weight excluding hydrogens is 396 g/mol. The SMILES string of the molecule is C/C(=C(\CCO)SSC(=O)c1ccccc1)N(C=O)Cc1cnc(C)nc1N. The van der Waals surface area contributed by atoms with Gasteiger partial charge in [-0.1, -0.05) is 41.1 Å². The molecule has 0 fully saturated rings. The van der Waals surface area contributed by atoms with Gasteiger partial charge in [0.05, 0.1) is 6.54 Å². The van der Waals surface area contributed by atoms with Gasteiger partial charge in [-0.05, 0) is 24.6 Å². The van der Waals surface area contributed by atoms with E-state index in [0.717, 1.165) is 15.7 Å². The van der Waals surface area contributed by atoms with Gasteiger partial charge in [-0.25, -0.2) is 9.97 Å². The molecule has 0 spiro atoms. The summed E-state index contributed by atoms with van der Waals surface area (Å²) in [4.78, 5) is 34.4. The molecule has 0 bridgehead atoms. The average molecular weight is 419 g/mol. The summed E-state index contributed by atoms with van der Waals surface area (Å²) in [6, 6.07) is 8.94. The summed E-state index contributed by atoms with van der Waals surface area (Å²) in [6.45, 7) is 3.61. The van der Waals surface area contributed by atoms with Gasteiger partial charge >= 0.3 is 0 Å². The first-order valence-electron chi connectivity index (χ1n) is 8.50. The molecule has 9 heteroatoms. The molecule has 1 heterocycles. The largest absolute Gasteiger partial charge is 0.396 e. The second-order valence-corrected chi connectivity index (χ2v) is 8.06. The number of aryl methyl sites for hydroxylation is 1. The molecule has 0 aliphatic heterocycles. The lowest BCUT2D eigenvalue weighted by Crippen LogP contribution is -2.21. The van der Waals surface area contributed by atoms with E-state index in [1.54, 1.807) is 44.3 Å². The van der Waals surface area contributed by atoms with Gasteiger partial charge in [0.15, 0.2) is 0 Å². The van der Waals surface area contributed by atoms with Gasteiger partial charge in [0.25, 0.3) is 0 Å². The van der Waals surface area contributed by atoms with Crippen molar-refractivity contribution in [2.45, 2.75) is 26.8 Å². The molecule has 0 saturated carbocycles. The van der Waals surface area contributed by atoms with Crippen molar-refractivity contribution < 1.29 is 14.7 Å². The van der Waals surface area contributed by atoms with Crippen molar-refractivity contribution >= 4 is 38.9 Å². The molecule has 0 radical (unpaired) electrons. The molecule has 2 aromatic rings. The van der Waals surface area contributed by atoms with Crippen molar-refractivity contribution in [2.75, 3.05) is 12.3 Å². The summed E-state index contributed by atoms with van der Waals surface area (Å²) in [5.41, 5.74) is 7.78. The van der Waals surface area contributed by atoms with Gasteiger partial charge < -0.3 is 15.7 Å². The van der Waals surface area contributed by atoms with Gasteiger partial charge in [0, 0.05) is 41.0 Å². The quantitative estimate of drug-likeness (QED) is 0.472. The Morgan fingerprint density at radius 2 is 2.00 bits per heavy atom. The Morgan fingerprint density at radius 3 is 2.61 bits per heavy atom. The topological polar surface area (TPSA) is 109 Å². The number of aliphatic hydroxyl groups excluding tert-OH is 1. The van der Waals surface area contributed by atoms with Crippen LogP contribution in [0, 0.1) is 6.92 Å². The molecule has 2 rings (SSSR count). The Bertz CT molecular complexity index is 860. The normalized spacial score (nSPS) is 11.7. The number of allylic oxidation sites excluding steroid dienone is 1. The molecule has 1 aromatic carbocycles. The van der Waals surface area contributed by atoms with Crippen molar-refractivity contribution in [1.29, 1.82) is 0 Å². The van der Waals surface area contributed by atoms with Crippen molar-refractivity contribution in [3.05, 3.63) is 64.1 Å². The number of nitrogens with two attached hydrogens (primary N) is 1. The highest BCUT2D eigenvalue weighted by atomic mass is 33.1. The van der Waals surface area contributed by atoms with E-state index in [-0.39, 0.29) is 18.3 Å². The number of anilines is 1. The Balaban J connectivity index is 2.16. The molecule has 0 unspecified atom stereocenters. The third-order valence-electron chi connectivity index (χ3n) is 3.89. The highest BCUT2D eigenvalue weighted by Crippen LogP contribution is 2.37. The summed E-state index contributed by atoms with van der Waals surface area (Å²) in [5, 5.41) is 9.30. The Hall–Kier alpha value is -2.36. The van der Waals surface area contributed by atoms with E-state index in [4.69, 9.17) is 5.73 Å². The minimum Gasteiger partial charge on any atom is -0.396 e. The standard InChI is InChI=1S/C19H22N4O3S2/c1-13(23(12-25)11-16-10-21-14(2)22-18(16)20)17(8-9-24)27-28-19(26)15-6-4-3-5-7-15/h3-7,10,12,24H,8-9,11H2,1-2H3,(H2,20,21,22)/b17-13-. The highest BCUT2D eigenvalue weighted by Gasteiger charge is 2.16. The number of hydrogen-bond donors (Lipinski definition) is 2. The maximum absolute atomic E-state index is 12.3. The van der Waals surface area contributed by atoms with Crippen LogP contribution in [0.15, 0.2) is 47.1 Å². The molecule has 0 aliphatic rings. The summed E-state index contributed by atoms with van der Waals surface area (Å²) >= 11 is 0. The first-order valence-corrected chi connectivity index (χ1v) is 10.7. The van der Waals surface area contributed by atoms with Crippen LogP contribution in [0.25, 0.3) is 0 Å². The lowest BCUT2D eigenvalue weighted by Gasteiger charge is -2.21. The number of carbonyl (C=O) groups excluding carboxylic acids is 2. The molecule has 28 heavy (non-hydrogen) atoms. The zero-order valence-electron chi connectivity index (χ0n) is 15.7. The highest BCUT2D eigenvalue weighted by molar-refractivity contribution is 8.83. The minimum atomic E-state index is -0.0950. The van der Waals surface area contributed by atoms with E-state index in [1.165, 1.54) is 15.7 Å². The van der Waals surface area contributed by atoms with Crippen molar-refractivity contribution in [1.82, 2.24) is 14.9 Å². The molecule has 7 nitrogen and oxygen atoms in total. The van der Waals surface area contributed by atoms with Gasteiger partial charge in [-0.15, -0.1) is 0 Å². The van der Waals surface area contributed by atoms with Crippen LogP contribution in [-0.4, -0.2) is 38.1 Å². The fraction of sp³-hybridized carbons (Fsp3) is 0.263. The third kappa shape index (κ3) is 6.08. The number of nitrogens with zero attached hydrogens (tertiary/aromatic N) is 3. The predicted molar refractivity (Wildman–Crippen MR) is 113 cm³/mol. The van der Waals surface area contributed by atoms with Crippen LogP contribution in [-0.2, 0) is 11.3 Å². The number of aromatic nitrogens is 2. The maximum Gasteiger partial charge on any atom is 0.230 e. The number of carbonyl (C=O) groups is 2. The first kappa shape index (κ1) is 21.9. The predicted octanol–water partition coefficient (Wildman–Crippen LogP) is 3.16. The number of benzene rings is 1. The van der Waals surface area contributed by atoms with Gasteiger partial charge in [0.2, 0.25) is 11.5 Å². The Kier molecular flexibility index (Phi) is 8.49. The fourth-order valence-corrected chi connectivity index (χ4v) is 4.56. The summed E-state index contributed by atoms with van der Waals surface area (Å²) < 4.78 is 0. The van der Waals surface area contributed by atoms with Crippen molar-refractivity contribution in [3.63, 3.8) is 0 Å². The Labute approximate surface area is 171 Å². The van der Waals surface area contributed by atoms with Crippen molar-refractivity contribution in [3.8, 4) is 0 Å². The molecule has 148 valence electrons. The summed E-state index contributed by atoms with van der Waals surface area (Å²) in [7, 11) is 2.30. The second-order valence-electron chi connectivity index (χ2n) is 5.86. The average Bonchev–Trinajstić information content (AvgIpc) is 2.70. The summed E-state index contributed by atoms with van der Waals surface area (Å²) in [5.74, 6) is 0.871. The Morgan fingerprint density at radius 1 is 1.29 bits per heavy atom. The van der Waals surface area contributed by atoms with Crippen molar-refractivity contribution in [2.24, 2.45) is 0 Å². The van der Waals surface area contributed by atoms with Crippen LogP contribution in [0.3, 0.4) is 0 Å². The van der Waals surface area contributed by atoms with Gasteiger partial charge in [-0.2, -0.15) is 0 Å². The van der Waals surface area contributed by atoms with Crippen LogP contribution >= 0.6 is 21.6 Å². The van der Waals surface area contributed by atoms with Crippen LogP contribution in [0.1, 0.15) is 35.1 Å². The van der Waals surface area contributed by atoms with E-state index in [0.29, 0.717) is 41.3 Å². The minimum absolute atomic E-state index is 0.0947. The smallest absolute Gasteiger partial charge is 0.230 e. The molecule has 3 N–H and O–H groups in total. The van der Waals surface area contributed by atoms with Crippen LogP contribution in [0.2, 0.25) is 0 Å². The van der Waals surface area contributed by atoms with Gasteiger partial charge in [-0.3, -0.25) is 9.59 Å². The summed E-state index contributed by atoms with van der Waals surface area (Å²) in [6.07, 6.45) is 2.61. The monoisotopic (exact) mass is 418 g/mol. The molecule has 1 amide bonds. The lowest BCUT2D eigenvalue weighted by atomic mass is 10.2.